The van der Waals surface area contributed by atoms with Gasteiger partial charge in [-0.1, -0.05) is 5.57 Å². The van der Waals surface area contributed by atoms with E-state index in [1.165, 1.54) is 11.0 Å². The number of hydrogen-bond acceptors (Lipinski definition) is 9. The van der Waals surface area contributed by atoms with E-state index in [-0.39, 0.29) is 62.3 Å². The number of aliphatic hydroxyl groups excluding tert-OH is 3. The van der Waals surface area contributed by atoms with Gasteiger partial charge in [-0.25, -0.2) is 5.26 Å². The number of aliphatic hydroxyl groups is 4. The van der Waals surface area contributed by atoms with Gasteiger partial charge in [0.05, 0.1) is 17.6 Å². The molecule has 0 amide bonds. The van der Waals surface area contributed by atoms with Gasteiger partial charge in [-0.3, -0.25) is 14.5 Å². The molecule has 4 atom stereocenters. The Kier molecular flexibility index (Phi) is 6.46. The molecule has 0 aromatic heterocycles. The molecular formula is C23H21N2O7Y-. The van der Waals surface area contributed by atoms with E-state index in [0.29, 0.717) is 5.57 Å². The van der Waals surface area contributed by atoms with Gasteiger partial charge in [0.15, 0.2) is 17.2 Å². The molecule has 0 unspecified atom stereocenters. The Morgan fingerprint density at radius 1 is 1.24 bits per heavy atom. The first-order chi connectivity index (χ1) is 15.0. The zero-order chi connectivity index (χ0) is 23.7. The predicted octanol–water partition coefficient (Wildman–Crippen LogP) is 1.06. The first-order valence-electron chi connectivity index (χ1n) is 9.99. The van der Waals surface area contributed by atoms with Crippen LogP contribution in [0.5, 0.6) is 0 Å². The Labute approximate surface area is 214 Å². The summed E-state index contributed by atoms with van der Waals surface area (Å²) in [6, 6.07) is 0.918. The summed E-state index contributed by atoms with van der Waals surface area (Å²) in [6.45, 7) is 1.07. The van der Waals surface area contributed by atoms with Crippen LogP contribution < -0.4 is 0 Å². The molecule has 4 aliphatic rings. The van der Waals surface area contributed by atoms with Crippen LogP contribution in [0.15, 0.2) is 51.2 Å². The van der Waals surface area contributed by atoms with Crippen molar-refractivity contribution < 1.29 is 67.5 Å². The average molecular weight is 526 g/mol. The maximum Gasteiger partial charge on any atom is 0.187 e. The van der Waals surface area contributed by atoms with Crippen LogP contribution in [-0.4, -0.2) is 68.4 Å². The topological polar surface area (TPSA) is 159 Å². The molecule has 0 aromatic rings. The van der Waals surface area contributed by atoms with Crippen LogP contribution in [-0.2, 0) is 47.1 Å². The zero-order valence-electron chi connectivity index (χ0n) is 18.2. The van der Waals surface area contributed by atoms with Crippen molar-refractivity contribution in [2.75, 3.05) is 14.1 Å². The number of carbonyl (C=O) groups is 3. The SMILES string of the molecule is CC(=O)C1=C(O)[C@@]2(O)C(O)=C3C(O)=C4C(=O)[C-]=CC(C#N)=C4C[C@H]3C[C@H]2[C@H](N(C)C)C1=O.[Y]. The molecule has 0 saturated heterocycles. The molecular weight excluding hydrogens is 505 g/mol. The number of nitrogens with zero attached hydrogens (tertiary/aromatic N) is 2. The van der Waals surface area contributed by atoms with Crippen molar-refractivity contribution >= 4 is 17.3 Å². The number of hydrogen-bond donors (Lipinski definition) is 4. The third-order valence-electron chi connectivity index (χ3n) is 6.77. The summed E-state index contributed by atoms with van der Waals surface area (Å²) < 4.78 is 0. The number of allylic oxidation sites excluding steroid dienone is 6. The molecule has 4 N–H and O–H groups in total. The number of carbonyl (C=O) groups excluding carboxylic acids is 3. The van der Waals surface area contributed by atoms with Gasteiger partial charge in [0, 0.05) is 50.3 Å². The zero-order valence-corrected chi connectivity index (χ0v) is 21.0. The molecule has 4 aliphatic carbocycles. The fourth-order valence-corrected chi connectivity index (χ4v) is 5.39. The number of nitriles is 1. The number of rotatable bonds is 2. The van der Waals surface area contributed by atoms with Gasteiger partial charge in [-0.05, 0) is 45.4 Å². The molecule has 0 aliphatic heterocycles. The van der Waals surface area contributed by atoms with Gasteiger partial charge in [0.2, 0.25) is 0 Å². The second-order valence-electron chi connectivity index (χ2n) is 8.67. The molecule has 0 bridgehead atoms. The molecule has 10 heteroatoms. The van der Waals surface area contributed by atoms with Gasteiger partial charge < -0.3 is 25.2 Å². The summed E-state index contributed by atoms with van der Waals surface area (Å²) in [5, 5.41) is 53.9. The first-order valence-corrected chi connectivity index (χ1v) is 9.99. The van der Waals surface area contributed by atoms with Crippen molar-refractivity contribution in [2.45, 2.75) is 31.4 Å². The fraction of sp³-hybridized carbons (Fsp3) is 0.391. The summed E-state index contributed by atoms with van der Waals surface area (Å²) >= 11 is 0. The maximum atomic E-state index is 13.1. The summed E-state index contributed by atoms with van der Waals surface area (Å²) in [5.74, 6) is -6.24. The first kappa shape index (κ1) is 25.3. The van der Waals surface area contributed by atoms with E-state index >= 15 is 0 Å². The number of likely N-dealkylation sites (N-methyl/N-ethyl adjacent to an activating group) is 1. The van der Waals surface area contributed by atoms with Gasteiger partial charge in [0.1, 0.15) is 17.1 Å². The number of Topliss-reactive ketones (excluding diaryl/α,β-unsaturated/α-hetero) is 3. The normalized spacial score (nSPS) is 31.2. The van der Waals surface area contributed by atoms with E-state index in [2.05, 4.69) is 6.08 Å². The summed E-state index contributed by atoms with van der Waals surface area (Å²) in [5.41, 5.74) is -3.04. The Morgan fingerprint density at radius 2 is 1.88 bits per heavy atom. The minimum atomic E-state index is -2.51. The Bertz CT molecular complexity index is 1200. The third-order valence-corrected chi connectivity index (χ3v) is 6.77. The van der Waals surface area contributed by atoms with Crippen molar-refractivity contribution in [1.82, 2.24) is 4.90 Å². The minimum Gasteiger partial charge on any atom is -0.520 e. The van der Waals surface area contributed by atoms with Crippen molar-refractivity contribution in [1.29, 1.82) is 5.26 Å². The Balaban J connectivity index is 0.00000306. The van der Waals surface area contributed by atoms with Crippen LogP contribution >= 0.6 is 0 Å². The van der Waals surface area contributed by atoms with E-state index in [9.17, 15) is 40.1 Å². The molecule has 169 valence electrons. The molecule has 0 saturated carbocycles. The summed E-state index contributed by atoms with van der Waals surface area (Å²) in [6.07, 6.45) is 3.72. The summed E-state index contributed by atoms with van der Waals surface area (Å²) in [4.78, 5) is 39.1. The molecule has 9 nitrogen and oxygen atoms in total. The van der Waals surface area contributed by atoms with Crippen molar-refractivity contribution in [2.24, 2.45) is 11.8 Å². The minimum absolute atomic E-state index is 0. The van der Waals surface area contributed by atoms with Gasteiger partial charge >= 0.3 is 0 Å². The van der Waals surface area contributed by atoms with E-state index < -0.39 is 63.7 Å². The van der Waals surface area contributed by atoms with E-state index in [0.717, 1.165) is 6.92 Å². The molecule has 1 radical (unpaired) electrons. The fourth-order valence-electron chi connectivity index (χ4n) is 5.39. The van der Waals surface area contributed by atoms with Crippen molar-refractivity contribution in [3.8, 4) is 6.07 Å². The molecule has 0 aromatic carbocycles. The largest absolute Gasteiger partial charge is 0.520 e. The van der Waals surface area contributed by atoms with Gasteiger partial charge in [0.25, 0.3) is 0 Å². The van der Waals surface area contributed by atoms with E-state index in [1.54, 1.807) is 14.1 Å². The van der Waals surface area contributed by atoms with Gasteiger partial charge in [-0.2, -0.15) is 6.08 Å². The predicted molar refractivity (Wildman–Crippen MR) is 109 cm³/mol. The van der Waals surface area contributed by atoms with Crippen molar-refractivity contribution in [3.63, 3.8) is 0 Å². The third kappa shape index (κ3) is 3.31. The molecule has 0 heterocycles. The Morgan fingerprint density at radius 3 is 2.42 bits per heavy atom. The molecule has 0 fully saturated rings. The molecule has 4 rings (SSSR count). The van der Waals surface area contributed by atoms with Crippen LogP contribution in [0.4, 0.5) is 0 Å². The van der Waals surface area contributed by atoms with Crippen molar-refractivity contribution in [3.05, 3.63) is 57.3 Å². The smallest absolute Gasteiger partial charge is 0.187 e. The monoisotopic (exact) mass is 526 g/mol. The van der Waals surface area contributed by atoms with Crippen LogP contribution in [0.25, 0.3) is 0 Å². The quantitative estimate of drug-likeness (QED) is 0.305. The number of ketones is 3. The van der Waals surface area contributed by atoms with E-state index in [4.69, 9.17) is 0 Å². The van der Waals surface area contributed by atoms with Crippen LogP contribution in [0.3, 0.4) is 0 Å². The van der Waals surface area contributed by atoms with Crippen LogP contribution in [0.2, 0.25) is 0 Å². The Hall–Kier alpha value is -2.38. The summed E-state index contributed by atoms with van der Waals surface area (Å²) in [7, 11) is 3.15. The maximum absolute atomic E-state index is 13.1. The standard InChI is InChI=1S/C23H21N2O7.Y/c1-9(26)15-20(29)18(25(2)3)13-7-11-6-12-10(8-24)4-5-14(27)17(12)19(28)16(11)22(31)23(13,32)21(15)30;/h4,11,13,18,28,30-32H,6-7H2,1-3H3;/q-1;/t11-,13-,18-,23+;/m0./s1. The van der Waals surface area contributed by atoms with Gasteiger partial charge in [-0.15, -0.1) is 11.6 Å². The second kappa shape index (κ2) is 8.44. The second-order valence-corrected chi connectivity index (χ2v) is 8.67. The average Bonchev–Trinajstić information content (AvgIpc) is 2.70. The van der Waals surface area contributed by atoms with Crippen LogP contribution in [0.1, 0.15) is 19.8 Å². The van der Waals surface area contributed by atoms with E-state index in [1.807, 2.05) is 6.07 Å². The van der Waals surface area contributed by atoms with Crippen LogP contribution in [0, 0.1) is 29.2 Å². The molecule has 0 spiro atoms. The number of fused-ring (bicyclic) bond motifs is 3. The molecule has 33 heavy (non-hydrogen) atoms.